The second-order valence-corrected chi connectivity index (χ2v) is 5.46. The number of rotatable bonds is 4. The van der Waals surface area contributed by atoms with Gasteiger partial charge >= 0.3 is 0 Å². The Labute approximate surface area is 91.6 Å². The maximum Gasteiger partial charge on any atom is 0.229 e. The molecule has 0 saturated carbocycles. The molecule has 0 aliphatic carbocycles. The maximum atomic E-state index is 11.1. The normalized spacial score (nSPS) is 11.4. The van der Waals surface area contributed by atoms with Gasteiger partial charge in [-0.3, -0.25) is 4.72 Å². The molecule has 1 N–H and O–H groups in total. The first-order valence-corrected chi connectivity index (χ1v) is 6.89. The number of hydrogen-bond acceptors (Lipinski definition) is 2. The van der Waals surface area contributed by atoms with Crippen molar-refractivity contribution in [2.24, 2.45) is 0 Å². The molecule has 0 radical (unpaired) electrons. The predicted octanol–water partition coefficient (Wildman–Crippen LogP) is 2.32. The summed E-state index contributed by atoms with van der Waals surface area (Å²) in [6.45, 7) is 4.05. The minimum atomic E-state index is -3.18. The van der Waals surface area contributed by atoms with Gasteiger partial charge in [-0.25, -0.2) is 8.42 Å². The average Bonchev–Trinajstić information content (AvgIpc) is 2.10. The molecular formula is C11H17NO2S. The van der Waals surface area contributed by atoms with E-state index in [2.05, 4.69) is 11.6 Å². The van der Waals surface area contributed by atoms with E-state index in [1.165, 1.54) is 11.8 Å². The standard InChI is InChI=1S/C11H17NO2S/c1-4-6-10-7-5-8-11(9(10)2)12-15(3,13)14/h5,7-8,12H,4,6H2,1-3H3. The van der Waals surface area contributed by atoms with Crippen molar-refractivity contribution in [1.29, 1.82) is 0 Å². The molecule has 0 bridgehead atoms. The largest absolute Gasteiger partial charge is 0.284 e. The predicted molar refractivity (Wildman–Crippen MR) is 63.6 cm³/mol. The molecule has 4 heteroatoms. The molecule has 15 heavy (non-hydrogen) atoms. The minimum Gasteiger partial charge on any atom is -0.284 e. The van der Waals surface area contributed by atoms with Crippen LogP contribution in [-0.2, 0) is 16.4 Å². The van der Waals surface area contributed by atoms with Gasteiger partial charge in [0.2, 0.25) is 10.0 Å². The van der Waals surface area contributed by atoms with Crippen LogP contribution in [0.15, 0.2) is 18.2 Å². The van der Waals surface area contributed by atoms with E-state index in [0.717, 1.165) is 18.4 Å². The van der Waals surface area contributed by atoms with Crippen molar-refractivity contribution in [2.45, 2.75) is 26.7 Å². The van der Waals surface area contributed by atoms with Gasteiger partial charge in [0.05, 0.1) is 11.9 Å². The first kappa shape index (κ1) is 12.0. The van der Waals surface area contributed by atoms with E-state index in [9.17, 15) is 8.42 Å². The first-order chi connectivity index (χ1) is 6.94. The zero-order valence-corrected chi connectivity index (χ0v) is 10.2. The third-order valence-corrected chi connectivity index (χ3v) is 2.85. The molecule has 0 aromatic heterocycles. The van der Waals surface area contributed by atoms with Gasteiger partial charge < -0.3 is 0 Å². The Balaban J connectivity index is 3.04. The zero-order chi connectivity index (χ0) is 11.5. The Morgan fingerprint density at radius 2 is 2.00 bits per heavy atom. The number of hydrogen-bond donors (Lipinski definition) is 1. The molecule has 0 fully saturated rings. The Morgan fingerprint density at radius 1 is 1.33 bits per heavy atom. The van der Waals surface area contributed by atoms with Crippen LogP contribution in [0, 0.1) is 6.92 Å². The van der Waals surface area contributed by atoms with Crippen molar-refractivity contribution in [3.05, 3.63) is 29.3 Å². The Morgan fingerprint density at radius 3 is 2.53 bits per heavy atom. The number of aryl methyl sites for hydroxylation is 1. The van der Waals surface area contributed by atoms with Crippen molar-refractivity contribution in [1.82, 2.24) is 0 Å². The lowest BCUT2D eigenvalue weighted by molar-refractivity contribution is 0.607. The molecular weight excluding hydrogens is 210 g/mol. The first-order valence-electron chi connectivity index (χ1n) is 5.00. The zero-order valence-electron chi connectivity index (χ0n) is 9.37. The van der Waals surface area contributed by atoms with Crippen LogP contribution in [0.5, 0.6) is 0 Å². The van der Waals surface area contributed by atoms with Crippen LogP contribution in [0.1, 0.15) is 24.5 Å². The topological polar surface area (TPSA) is 46.2 Å². The summed E-state index contributed by atoms with van der Waals surface area (Å²) in [5, 5.41) is 0. The van der Waals surface area contributed by atoms with Crippen LogP contribution in [0.4, 0.5) is 5.69 Å². The van der Waals surface area contributed by atoms with Crippen LogP contribution in [0.3, 0.4) is 0 Å². The highest BCUT2D eigenvalue weighted by molar-refractivity contribution is 7.92. The van der Waals surface area contributed by atoms with Crippen molar-refractivity contribution in [3.63, 3.8) is 0 Å². The van der Waals surface area contributed by atoms with E-state index in [1.807, 2.05) is 19.1 Å². The number of sulfonamides is 1. The summed E-state index contributed by atoms with van der Waals surface area (Å²) in [7, 11) is -3.18. The summed E-state index contributed by atoms with van der Waals surface area (Å²) in [6, 6.07) is 5.70. The number of benzene rings is 1. The fourth-order valence-corrected chi connectivity index (χ4v) is 2.15. The van der Waals surface area contributed by atoms with Gasteiger partial charge in [0, 0.05) is 0 Å². The van der Waals surface area contributed by atoms with E-state index in [-0.39, 0.29) is 0 Å². The summed E-state index contributed by atoms with van der Waals surface area (Å²) in [6.07, 6.45) is 3.20. The minimum absolute atomic E-state index is 0.684. The third-order valence-electron chi connectivity index (χ3n) is 2.26. The molecule has 0 aliphatic rings. The average molecular weight is 227 g/mol. The smallest absolute Gasteiger partial charge is 0.229 e. The molecule has 0 amide bonds. The van der Waals surface area contributed by atoms with Crippen LogP contribution in [-0.4, -0.2) is 14.7 Å². The Hall–Kier alpha value is -1.03. The monoisotopic (exact) mass is 227 g/mol. The summed E-state index contributed by atoms with van der Waals surface area (Å²) in [5.74, 6) is 0. The van der Waals surface area contributed by atoms with Crippen molar-refractivity contribution in [2.75, 3.05) is 11.0 Å². The van der Waals surface area contributed by atoms with Crippen LogP contribution in [0.25, 0.3) is 0 Å². The van der Waals surface area contributed by atoms with Gasteiger partial charge in [-0.1, -0.05) is 25.5 Å². The number of anilines is 1. The molecule has 84 valence electrons. The summed E-state index contributed by atoms with van der Waals surface area (Å²) in [4.78, 5) is 0. The third kappa shape index (κ3) is 3.55. The summed E-state index contributed by atoms with van der Waals surface area (Å²) in [5.41, 5.74) is 2.90. The highest BCUT2D eigenvalue weighted by Gasteiger charge is 2.07. The van der Waals surface area contributed by atoms with Crippen molar-refractivity contribution < 1.29 is 8.42 Å². The van der Waals surface area contributed by atoms with Gasteiger partial charge in [-0.2, -0.15) is 0 Å². The Bertz CT molecular complexity index is 438. The SMILES string of the molecule is CCCc1cccc(NS(C)(=O)=O)c1C. The van der Waals surface area contributed by atoms with Gasteiger partial charge in [0.15, 0.2) is 0 Å². The highest BCUT2D eigenvalue weighted by Crippen LogP contribution is 2.20. The quantitative estimate of drug-likeness (QED) is 0.858. The Kier molecular flexibility index (Phi) is 3.74. The van der Waals surface area contributed by atoms with E-state index in [0.29, 0.717) is 5.69 Å². The molecule has 0 aliphatic heterocycles. The van der Waals surface area contributed by atoms with Gasteiger partial charge in [-0.15, -0.1) is 0 Å². The lowest BCUT2D eigenvalue weighted by atomic mass is 10.0. The molecule has 1 aromatic carbocycles. The molecule has 3 nitrogen and oxygen atoms in total. The van der Waals surface area contributed by atoms with E-state index in [1.54, 1.807) is 6.07 Å². The lowest BCUT2D eigenvalue weighted by Crippen LogP contribution is -2.11. The molecule has 0 spiro atoms. The molecule has 0 saturated heterocycles. The summed E-state index contributed by atoms with van der Waals surface area (Å²) >= 11 is 0. The number of nitrogens with one attached hydrogen (secondary N) is 1. The molecule has 1 rings (SSSR count). The van der Waals surface area contributed by atoms with Crippen LogP contribution >= 0.6 is 0 Å². The van der Waals surface area contributed by atoms with Gasteiger partial charge in [0.1, 0.15) is 0 Å². The van der Waals surface area contributed by atoms with Crippen LogP contribution < -0.4 is 4.72 Å². The van der Waals surface area contributed by atoms with Gasteiger partial charge in [0.25, 0.3) is 0 Å². The second kappa shape index (κ2) is 4.66. The fourth-order valence-electron chi connectivity index (χ4n) is 1.53. The van der Waals surface area contributed by atoms with Crippen LogP contribution in [0.2, 0.25) is 0 Å². The maximum absolute atomic E-state index is 11.1. The molecule has 0 unspecified atom stereocenters. The summed E-state index contributed by atoms with van der Waals surface area (Å²) < 4.78 is 24.7. The van der Waals surface area contributed by atoms with E-state index in [4.69, 9.17) is 0 Å². The lowest BCUT2D eigenvalue weighted by Gasteiger charge is -2.11. The van der Waals surface area contributed by atoms with Crippen molar-refractivity contribution in [3.8, 4) is 0 Å². The van der Waals surface area contributed by atoms with Crippen molar-refractivity contribution >= 4 is 15.7 Å². The molecule has 0 atom stereocenters. The second-order valence-electron chi connectivity index (χ2n) is 3.71. The van der Waals surface area contributed by atoms with E-state index < -0.39 is 10.0 Å². The van der Waals surface area contributed by atoms with E-state index >= 15 is 0 Å². The fraction of sp³-hybridized carbons (Fsp3) is 0.455. The highest BCUT2D eigenvalue weighted by atomic mass is 32.2. The van der Waals surface area contributed by atoms with Gasteiger partial charge in [-0.05, 0) is 30.5 Å². The molecule has 1 aromatic rings. The molecule has 0 heterocycles.